The zero-order chi connectivity index (χ0) is 30.9. The maximum atomic E-state index is 2.70. The van der Waals surface area contributed by atoms with E-state index in [0.29, 0.717) is 47.3 Å². The number of hydrogen-bond donors (Lipinski definition) is 0. The predicted octanol–water partition coefficient (Wildman–Crippen LogP) is 11.3. The second-order valence-corrected chi connectivity index (χ2v) is 16.1. The lowest BCUT2D eigenvalue weighted by Gasteiger charge is -2.50. The third kappa shape index (κ3) is 4.88. The first-order valence-corrected chi connectivity index (χ1v) is 17.6. The van der Waals surface area contributed by atoms with Crippen LogP contribution in [0.1, 0.15) is 146 Å². The average molecular weight is 581 g/mol. The molecule has 0 aliphatic heterocycles. The Morgan fingerprint density at radius 3 is 0.727 bits per heavy atom. The van der Waals surface area contributed by atoms with E-state index in [-0.39, 0.29) is 0 Å². The summed E-state index contributed by atoms with van der Waals surface area (Å²) in [6.07, 6.45) is 4.64. The lowest BCUT2D eigenvalue weighted by atomic mass is 9.52. The molecule has 228 valence electrons. The van der Waals surface area contributed by atoms with E-state index in [0.717, 1.165) is 25.7 Å². The molecule has 0 amide bonds. The molecule has 4 aromatic rings. The first-order valence-electron chi connectivity index (χ1n) is 17.6. The van der Waals surface area contributed by atoms with Crippen LogP contribution in [-0.4, -0.2) is 0 Å². The number of benzene rings is 4. The van der Waals surface area contributed by atoms with Crippen molar-refractivity contribution in [3.05, 3.63) is 140 Å². The normalized spacial score (nSPS) is 21.0. The predicted molar refractivity (Wildman–Crippen MR) is 187 cm³/mol. The molecule has 4 aromatic carbocycles. The molecular weight excluding hydrogens is 528 g/mol. The maximum absolute atomic E-state index is 2.70. The summed E-state index contributed by atoms with van der Waals surface area (Å²) in [5.41, 5.74) is 19.1. The summed E-state index contributed by atoms with van der Waals surface area (Å²) in [7, 11) is 0. The Hall–Kier alpha value is -3.12. The van der Waals surface area contributed by atoms with Gasteiger partial charge in [-0.1, -0.05) is 128 Å². The van der Waals surface area contributed by atoms with E-state index in [4.69, 9.17) is 0 Å². The van der Waals surface area contributed by atoms with Crippen LogP contribution in [0.25, 0.3) is 0 Å². The first kappa shape index (κ1) is 29.6. The third-order valence-corrected chi connectivity index (χ3v) is 10.7. The zero-order valence-corrected chi connectivity index (χ0v) is 28.4. The van der Waals surface area contributed by atoms with Crippen molar-refractivity contribution >= 4 is 0 Å². The minimum absolute atomic E-state index is 0.334. The highest BCUT2D eigenvalue weighted by atomic mass is 14.5. The summed E-state index contributed by atoms with van der Waals surface area (Å²) in [5.74, 6) is 3.92. The molecule has 44 heavy (non-hydrogen) atoms. The van der Waals surface area contributed by atoms with Gasteiger partial charge in [0.1, 0.15) is 0 Å². The van der Waals surface area contributed by atoms with Gasteiger partial charge < -0.3 is 0 Å². The van der Waals surface area contributed by atoms with Crippen molar-refractivity contribution in [2.75, 3.05) is 0 Å². The van der Waals surface area contributed by atoms with Crippen molar-refractivity contribution in [1.29, 1.82) is 0 Å². The van der Waals surface area contributed by atoms with Crippen LogP contribution in [0.15, 0.2) is 72.8 Å². The number of rotatable bonds is 8. The van der Waals surface area contributed by atoms with Crippen molar-refractivity contribution in [3.63, 3.8) is 0 Å². The Morgan fingerprint density at radius 1 is 0.341 bits per heavy atom. The first-order chi connectivity index (χ1) is 21.1. The average Bonchev–Trinajstić information content (AvgIpc) is 2.94. The van der Waals surface area contributed by atoms with E-state index >= 15 is 0 Å². The summed E-state index contributed by atoms with van der Waals surface area (Å²) >= 11 is 0. The van der Waals surface area contributed by atoms with Crippen molar-refractivity contribution in [2.45, 2.75) is 105 Å². The molecule has 0 nitrogen and oxygen atoms in total. The molecular formula is C44H52. The molecule has 0 saturated carbocycles. The van der Waals surface area contributed by atoms with Gasteiger partial charge in [-0.3, -0.25) is 0 Å². The van der Waals surface area contributed by atoms with Crippen molar-refractivity contribution in [1.82, 2.24) is 0 Å². The molecule has 0 unspecified atom stereocenters. The fourth-order valence-corrected chi connectivity index (χ4v) is 9.31. The second-order valence-electron chi connectivity index (χ2n) is 16.1. The van der Waals surface area contributed by atoms with Crippen LogP contribution in [0.5, 0.6) is 0 Å². The highest BCUT2D eigenvalue weighted by Crippen LogP contribution is 2.64. The second kappa shape index (κ2) is 11.3. The van der Waals surface area contributed by atoms with Crippen molar-refractivity contribution < 1.29 is 0 Å². The van der Waals surface area contributed by atoms with Gasteiger partial charge in [0, 0.05) is 23.7 Å². The molecule has 4 atom stereocenters. The number of hydrogen-bond acceptors (Lipinski definition) is 0. The van der Waals surface area contributed by atoms with Crippen molar-refractivity contribution in [3.8, 4) is 0 Å². The van der Waals surface area contributed by atoms with Crippen LogP contribution in [0, 0.1) is 23.7 Å². The van der Waals surface area contributed by atoms with Gasteiger partial charge in [-0.15, -0.1) is 0 Å². The Morgan fingerprint density at radius 2 is 0.545 bits per heavy atom. The molecule has 0 aromatic heterocycles. The fraction of sp³-hybridized carbons (Fsp3) is 0.455. The Balaban J connectivity index is 1.56. The van der Waals surface area contributed by atoms with Gasteiger partial charge in [-0.05, 0) is 116 Å². The molecule has 0 heteroatoms. The lowest BCUT2D eigenvalue weighted by molar-refractivity contribution is 0.522. The van der Waals surface area contributed by atoms with Crippen LogP contribution in [0.2, 0.25) is 0 Å². The molecule has 4 bridgehead atoms. The topological polar surface area (TPSA) is 0 Å². The fourth-order valence-electron chi connectivity index (χ4n) is 9.31. The Labute approximate surface area is 267 Å². The van der Waals surface area contributed by atoms with Gasteiger partial charge in [0.05, 0.1) is 0 Å². The highest BCUT2D eigenvalue weighted by Gasteiger charge is 2.50. The summed E-state index contributed by atoms with van der Waals surface area (Å²) in [5, 5.41) is 0. The monoisotopic (exact) mass is 580 g/mol. The van der Waals surface area contributed by atoms with Crippen LogP contribution < -0.4 is 0 Å². The molecule has 6 aliphatic carbocycles. The van der Waals surface area contributed by atoms with Crippen molar-refractivity contribution in [2.24, 2.45) is 23.7 Å². The third-order valence-electron chi connectivity index (χ3n) is 10.7. The summed E-state index contributed by atoms with van der Waals surface area (Å²) in [4.78, 5) is 0. The van der Waals surface area contributed by atoms with E-state index in [9.17, 15) is 0 Å². The smallest absolute Gasteiger partial charge is 0.0205 e. The van der Waals surface area contributed by atoms with Crippen LogP contribution in [-0.2, 0) is 25.7 Å². The van der Waals surface area contributed by atoms with E-state index in [2.05, 4.69) is 128 Å². The lowest BCUT2D eigenvalue weighted by Crippen LogP contribution is -2.36. The molecule has 10 rings (SSSR count). The van der Waals surface area contributed by atoms with Gasteiger partial charge in [0.25, 0.3) is 0 Å². The van der Waals surface area contributed by atoms with Crippen LogP contribution >= 0.6 is 0 Å². The summed E-state index contributed by atoms with van der Waals surface area (Å²) in [6, 6.07) is 29.9. The molecule has 6 aliphatic rings. The SMILES string of the molecule is CC(C)Cc1cc2c(cc1CC(C)C)[C@@H]1c3ccccc3[C@H]2[C@H]2c3ccccc3[C@@H]1c1cc(CC(C)C)c(CC(C)C)cc12. The van der Waals surface area contributed by atoms with E-state index in [1.807, 2.05) is 0 Å². The molecule has 0 spiro atoms. The Kier molecular flexibility index (Phi) is 7.63. The standard InChI is InChI=1S/C44H52/c1-25(2)17-29-21-37-38(22-30(29)18-26(3)4)42-34-14-10-9-13-33(34)41(37)43-35-15-11-12-16-36(35)44(42)40-24-32(20-28(7)8)31(19-27(5)6)23-39(40)43/h9-16,21-28,41-44H,17-20H2,1-8H3/t41-,42+,43+,44-. The molecule has 0 saturated heterocycles. The molecule has 0 N–H and O–H groups in total. The van der Waals surface area contributed by atoms with Crippen LogP contribution in [0.3, 0.4) is 0 Å². The quantitative estimate of drug-likeness (QED) is 0.194. The Bertz CT molecular complexity index is 1440. The largest absolute Gasteiger partial charge is 0.0625 e. The molecule has 0 radical (unpaired) electrons. The molecule has 0 fully saturated rings. The van der Waals surface area contributed by atoms with Crippen LogP contribution in [0.4, 0.5) is 0 Å². The minimum Gasteiger partial charge on any atom is -0.0625 e. The zero-order valence-electron chi connectivity index (χ0n) is 28.4. The van der Waals surface area contributed by atoms with Gasteiger partial charge >= 0.3 is 0 Å². The van der Waals surface area contributed by atoms with Gasteiger partial charge in [0.2, 0.25) is 0 Å². The van der Waals surface area contributed by atoms with E-state index in [1.54, 1.807) is 66.8 Å². The maximum Gasteiger partial charge on any atom is 0.0205 e. The highest BCUT2D eigenvalue weighted by molar-refractivity contribution is 5.69. The van der Waals surface area contributed by atoms with Gasteiger partial charge in [-0.2, -0.15) is 0 Å². The van der Waals surface area contributed by atoms with E-state index in [1.165, 1.54) is 0 Å². The van der Waals surface area contributed by atoms with Gasteiger partial charge in [0.15, 0.2) is 0 Å². The van der Waals surface area contributed by atoms with Gasteiger partial charge in [-0.25, -0.2) is 0 Å². The molecule has 0 heterocycles. The summed E-state index contributed by atoms with van der Waals surface area (Å²) in [6.45, 7) is 19.1. The summed E-state index contributed by atoms with van der Waals surface area (Å²) < 4.78 is 0. The van der Waals surface area contributed by atoms with E-state index < -0.39 is 0 Å². The minimum atomic E-state index is 0.334.